The maximum absolute atomic E-state index is 12.1. The Kier molecular flexibility index (Phi) is 7.77. The van der Waals surface area contributed by atoms with E-state index in [9.17, 15) is 19.5 Å². The molecule has 2 aromatic rings. The lowest BCUT2D eigenvalue weighted by molar-refractivity contribution is -0.143. The molecule has 0 saturated carbocycles. The van der Waals surface area contributed by atoms with Gasteiger partial charge in [0.1, 0.15) is 5.41 Å². The summed E-state index contributed by atoms with van der Waals surface area (Å²) in [7, 11) is 1.68. The Morgan fingerprint density at radius 1 is 0.966 bits per heavy atom. The van der Waals surface area contributed by atoms with Gasteiger partial charge < -0.3 is 20.6 Å². The fraction of sp³-hybridized carbons (Fsp3) is 0.318. The SMILES string of the molecule is CN(Cc1ccccc1)C(=O)NCCC(=O)NCC(C)(C(=O)O)c1ccccc1. The van der Waals surface area contributed by atoms with E-state index in [0.717, 1.165) is 5.56 Å². The summed E-state index contributed by atoms with van der Waals surface area (Å²) in [6.07, 6.45) is 0.0649. The third-order valence-electron chi connectivity index (χ3n) is 4.76. The third kappa shape index (κ3) is 6.34. The van der Waals surface area contributed by atoms with E-state index in [2.05, 4.69) is 10.6 Å². The number of hydrogen-bond donors (Lipinski definition) is 3. The second-order valence-corrected chi connectivity index (χ2v) is 7.10. The standard InChI is InChI=1S/C22H27N3O4/c1-22(20(27)28,18-11-7-4-8-12-18)16-24-19(26)13-14-23-21(29)25(2)15-17-9-5-3-6-10-17/h3-12H,13-16H2,1-2H3,(H,23,29)(H,24,26)(H,27,28). The molecule has 2 aromatic carbocycles. The molecule has 0 aliphatic carbocycles. The summed E-state index contributed by atoms with van der Waals surface area (Å²) in [5.74, 6) is -1.33. The van der Waals surface area contributed by atoms with E-state index in [0.29, 0.717) is 12.1 Å². The zero-order chi connectivity index (χ0) is 21.3. The number of carbonyl (C=O) groups is 3. The van der Waals surface area contributed by atoms with Crippen LogP contribution in [0.3, 0.4) is 0 Å². The van der Waals surface area contributed by atoms with Crippen LogP contribution in [0.4, 0.5) is 4.79 Å². The first-order valence-electron chi connectivity index (χ1n) is 9.41. The van der Waals surface area contributed by atoms with Gasteiger partial charge in [0, 0.05) is 33.1 Å². The second kappa shape index (κ2) is 10.3. The summed E-state index contributed by atoms with van der Waals surface area (Å²) in [4.78, 5) is 37.5. The first-order valence-corrected chi connectivity index (χ1v) is 9.41. The number of carboxylic acids is 1. The van der Waals surface area contributed by atoms with Gasteiger partial charge in [-0.2, -0.15) is 0 Å². The predicted molar refractivity (Wildman–Crippen MR) is 110 cm³/mol. The average molecular weight is 397 g/mol. The van der Waals surface area contributed by atoms with Crippen molar-refractivity contribution in [2.45, 2.75) is 25.3 Å². The smallest absolute Gasteiger partial charge is 0.317 e. The molecule has 0 radical (unpaired) electrons. The number of urea groups is 1. The van der Waals surface area contributed by atoms with Crippen LogP contribution in [-0.2, 0) is 21.5 Å². The number of carbonyl (C=O) groups excluding carboxylic acids is 2. The lowest BCUT2D eigenvalue weighted by Gasteiger charge is -2.25. The topological polar surface area (TPSA) is 98.7 Å². The van der Waals surface area contributed by atoms with Crippen molar-refractivity contribution >= 4 is 17.9 Å². The van der Waals surface area contributed by atoms with Gasteiger partial charge in [-0.1, -0.05) is 60.7 Å². The van der Waals surface area contributed by atoms with E-state index in [1.54, 1.807) is 38.2 Å². The van der Waals surface area contributed by atoms with Crippen molar-refractivity contribution in [2.75, 3.05) is 20.1 Å². The zero-order valence-corrected chi connectivity index (χ0v) is 16.7. The van der Waals surface area contributed by atoms with Gasteiger partial charge >= 0.3 is 12.0 Å². The van der Waals surface area contributed by atoms with Gasteiger partial charge in [-0.15, -0.1) is 0 Å². The summed E-state index contributed by atoms with van der Waals surface area (Å²) in [5, 5.41) is 15.0. The molecular formula is C22H27N3O4. The molecule has 0 heterocycles. The highest BCUT2D eigenvalue weighted by Crippen LogP contribution is 2.23. The van der Waals surface area contributed by atoms with Crippen LogP contribution in [0.2, 0.25) is 0 Å². The number of nitrogens with one attached hydrogen (secondary N) is 2. The molecule has 0 fully saturated rings. The van der Waals surface area contributed by atoms with Crippen molar-refractivity contribution in [2.24, 2.45) is 0 Å². The predicted octanol–water partition coefficient (Wildman–Crippen LogP) is 2.38. The molecule has 1 unspecified atom stereocenters. The average Bonchev–Trinajstić information content (AvgIpc) is 2.73. The Labute approximate surface area is 170 Å². The Balaban J connectivity index is 1.77. The van der Waals surface area contributed by atoms with Crippen molar-refractivity contribution in [3.05, 3.63) is 71.8 Å². The summed E-state index contributed by atoms with van der Waals surface area (Å²) in [6, 6.07) is 18.1. The first-order chi connectivity index (χ1) is 13.8. The van der Waals surface area contributed by atoms with Crippen molar-refractivity contribution in [1.29, 1.82) is 0 Å². The van der Waals surface area contributed by atoms with E-state index >= 15 is 0 Å². The third-order valence-corrected chi connectivity index (χ3v) is 4.76. The monoisotopic (exact) mass is 397 g/mol. The molecule has 154 valence electrons. The molecular weight excluding hydrogens is 370 g/mol. The Morgan fingerprint density at radius 3 is 2.14 bits per heavy atom. The highest BCUT2D eigenvalue weighted by Gasteiger charge is 2.35. The van der Waals surface area contributed by atoms with E-state index < -0.39 is 11.4 Å². The van der Waals surface area contributed by atoms with Gasteiger partial charge in [0.2, 0.25) is 5.91 Å². The molecule has 3 amide bonds. The van der Waals surface area contributed by atoms with Gasteiger partial charge in [-0.3, -0.25) is 9.59 Å². The molecule has 7 nitrogen and oxygen atoms in total. The van der Waals surface area contributed by atoms with Crippen LogP contribution in [0.25, 0.3) is 0 Å². The summed E-state index contributed by atoms with van der Waals surface area (Å²) in [6.45, 7) is 2.17. The number of aliphatic carboxylic acids is 1. The minimum atomic E-state index is -1.23. The van der Waals surface area contributed by atoms with Crippen molar-refractivity contribution in [3.8, 4) is 0 Å². The maximum Gasteiger partial charge on any atom is 0.317 e. The van der Waals surface area contributed by atoms with Gasteiger partial charge in [0.25, 0.3) is 0 Å². The number of rotatable bonds is 9. The number of benzene rings is 2. The molecule has 0 bridgehead atoms. The normalized spacial score (nSPS) is 12.5. The number of amides is 3. The molecule has 0 aliphatic heterocycles. The molecule has 2 rings (SSSR count). The van der Waals surface area contributed by atoms with Crippen LogP contribution in [0, 0.1) is 0 Å². The molecule has 29 heavy (non-hydrogen) atoms. The van der Waals surface area contributed by atoms with Gasteiger partial charge in [0.05, 0.1) is 0 Å². The Morgan fingerprint density at radius 2 is 1.55 bits per heavy atom. The van der Waals surface area contributed by atoms with Crippen LogP contribution in [0.15, 0.2) is 60.7 Å². The highest BCUT2D eigenvalue weighted by molar-refractivity contribution is 5.83. The summed E-state index contributed by atoms with van der Waals surface area (Å²) in [5.41, 5.74) is 0.399. The fourth-order valence-electron chi connectivity index (χ4n) is 2.82. The zero-order valence-electron chi connectivity index (χ0n) is 16.7. The quantitative estimate of drug-likeness (QED) is 0.605. The Hall–Kier alpha value is -3.35. The summed E-state index contributed by atoms with van der Waals surface area (Å²) < 4.78 is 0. The lowest BCUT2D eigenvalue weighted by atomic mass is 9.82. The van der Waals surface area contributed by atoms with Crippen LogP contribution in [-0.4, -0.2) is 48.1 Å². The first kappa shape index (κ1) is 21.9. The molecule has 0 saturated heterocycles. The van der Waals surface area contributed by atoms with Gasteiger partial charge in [-0.05, 0) is 18.1 Å². The van der Waals surface area contributed by atoms with Gasteiger partial charge in [-0.25, -0.2) is 4.79 Å². The fourth-order valence-corrected chi connectivity index (χ4v) is 2.82. The second-order valence-electron chi connectivity index (χ2n) is 7.10. The number of nitrogens with zero attached hydrogens (tertiary/aromatic N) is 1. The molecule has 1 atom stereocenters. The molecule has 0 aliphatic rings. The highest BCUT2D eigenvalue weighted by atomic mass is 16.4. The van der Waals surface area contributed by atoms with Gasteiger partial charge in [0.15, 0.2) is 0 Å². The van der Waals surface area contributed by atoms with Crippen LogP contribution in [0.5, 0.6) is 0 Å². The van der Waals surface area contributed by atoms with E-state index in [1.165, 1.54) is 4.90 Å². The Bertz CT molecular complexity index is 826. The minimum absolute atomic E-state index is 0.0347. The lowest BCUT2D eigenvalue weighted by Crippen LogP contribution is -2.45. The number of carboxylic acid groups (broad SMARTS) is 1. The van der Waals surface area contributed by atoms with Crippen molar-refractivity contribution in [1.82, 2.24) is 15.5 Å². The molecule has 7 heteroatoms. The molecule has 0 aromatic heterocycles. The molecule has 3 N–H and O–H groups in total. The van der Waals surface area contributed by atoms with Crippen LogP contribution >= 0.6 is 0 Å². The van der Waals surface area contributed by atoms with Crippen molar-refractivity contribution in [3.63, 3.8) is 0 Å². The van der Waals surface area contributed by atoms with Crippen LogP contribution < -0.4 is 10.6 Å². The van der Waals surface area contributed by atoms with Crippen LogP contribution in [0.1, 0.15) is 24.5 Å². The maximum atomic E-state index is 12.1. The van der Waals surface area contributed by atoms with E-state index in [4.69, 9.17) is 0 Å². The minimum Gasteiger partial charge on any atom is -0.481 e. The van der Waals surface area contributed by atoms with E-state index in [-0.39, 0.29) is 31.4 Å². The van der Waals surface area contributed by atoms with E-state index in [1.807, 2.05) is 36.4 Å². The largest absolute Gasteiger partial charge is 0.481 e. The summed E-state index contributed by atoms with van der Waals surface area (Å²) >= 11 is 0. The molecule has 0 spiro atoms. The van der Waals surface area contributed by atoms with Crippen molar-refractivity contribution < 1.29 is 19.5 Å². The number of hydrogen-bond acceptors (Lipinski definition) is 3.